The van der Waals surface area contributed by atoms with Crippen LogP contribution in [-0.2, 0) is 19.0 Å². The summed E-state index contributed by atoms with van der Waals surface area (Å²) in [5, 5.41) is 0. The van der Waals surface area contributed by atoms with Gasteiger partial charge >= 0.3 is 6.09 Å². The van der Waals surface area contributed by atoms with Crippen LogP contribution >= 0.6 is 0 Å². The number of nitrogens with zero attached hydrogens (tertiary/aromatic N) is 1. The summed E-state index contributed by atoms with van der Waals surface area (Å²) in [4.78, 5) is 12.8. The Kier molecular flexibility index (Phi) is 3.72. The Morgan fingerprint density at radius 3 is 2.63 bits per heavy atom. The van der Waals surface area contributed by atoms with Gasteiger partial charge in [0.15, 0.2) is 0 Å². The molecule has 6 nitrogen and oxygen atoms in total. The first-order chi connectivity index (χ1) is 8.87. The second-order valence-corrected chi connectivity index (χ2v) is 5.71. The third kappa shape index (κ3) is 3.42. The summed E-state index contributed by atoms with van der Waals surface area (Å²) >= 11 is 0. The molecule has 0 N–H and O–H groups in total. The maximum atomic E-state index is 12.8. The molecule has 1 saturated heterocycles. The monoisotopic (exact) mass is 289 g/mol. The first-order valence-electron chi connectivity index (χ1n) is 5.43. The summed E-state index contributed by atoms with van der Waals surface area (Å²) in [5.41, 5.74) is 0.422. The largest absolute Gasteiger partial charge is 0.447 e. The van der Waals surface area contributed by atoms with Gasteiger partial charge in [0.1, 0.15) is 12.4 Å². The number of rotatable bonds is 4. The van der Waals surface area contributed by atoms with Gasteiger partial charge in [-0.3, -0.25) is 9.08 Å². The summed E-state index contributed by atoms with van der Waals surface area (Å²) in [7, 11) is -3.59. The van der Waals surface area contributed by atoms with E-state index in [0.717, 1.165) is 6.26 Å². The average molecular weight is 289 g/mol. The topological polar surface area (TPSA) is 72.9 Å². The van der Waals surface area contributed by atoms with E-state index in [0.29, 0.717) is 5.69 Å². The summed E-state index contributed by atoms with van der Waals surface area (Å²) in [5.74, 6) is -0.430. The highest BCUT2D eigenvalue weighted by atomic mass is 32.2. The molecule has 0 saturated carbocycles. The zero-order chi connectivity index (χ0) is 14.0. The maximum Gasteiger partial charge on any atom is 0.414 e. The third-order valence-electron chi connectivity index (χ3n) is 2.54. The molecule has 2 rings (SSSR count). The van der Waals surface area contributed by atoms with Gasteiger partial charge in [-0.1, -0.05) is 0 Å². The first-order valence-corrected chi connectivity index (χ1v) is 7.24. The summed E-state index contributed by atoms with van der Waals surface area (Å²) in [6.45, 7) is -0.187. The maximum absolute atomic E-state index is 12.8. The minimum absolute atomic E-state index is 0.0196. The number of cyclic esters (lactones) is 1. The minimum Gasteiger partial charge on any atom is -0.447 e. The van der Waals surface area contributed by atoms with E-state index in [4.69, 9.17) is 4.74 Å². The Bertz CT molecular complexity index is 571. The van der Waals surface area contributed by atoms with Crippen molar-refractivity contribution < 1.29 is 26.5 Å². The standard InChI is InChI=1S/C11H12FNO5S/c1-19(15,16)18-7-10-6-17-11(14)13(10)9-4-2-8(12)3-5-9/h2-5,10H,6-7H2,1H3/t10-/m0/s1. The second kappa shape index (κ2) is 5.14. The number of benzene rings is 1. The van der Waals surface area contributed by atoms with Gasteiger partial charge in [0.25, 0.3) is 10.1 Å². The van der Waals surface area contributed by atoms with E-state index in [1.807, 2.05) is 0 Å². The molecule has 0 bridgehead atoms. The summed E-state index contributed by atoms with van der Waals surface area (Å²) in [6.07, 6.45) is 0.307. The Labute approximate surface area is 109 Å². The van der Waals surface area contributed by atoms with Crippen molar-refractivity contribution in [1.29, 1.82) is 0 Å². The highest BCUT2D eigenvalue weighted by Gasteiger charge is 2.35. The van der Waals surface area contributed by atoms with Crippen LogP contribution in [0.3, 0.4) is 0 Å². The van der Waals surface area contributed by atoms with Crippen molar-refractivity contribution in [3.05, 3.63) is 30.1 Å². The molecule has 1 aliphatic heterocycles. The van der Waals surface area contributed by atoms with E-state index < -0.39 is 28.1 Å². The van der Waals surface area contributed by atoms with Crippen LogP contribution in [0.4, 0.5) is 14.9 Å². The Morgan fingerprint density at radius 1 is 1.42 bits per heavy atom. The molecular formula is C11H12FNO5S. The van der Waals surface area contributed by atoms with E-state index in [9.17, 15) is 17.6 Å². The van der Waals surface area contributed by atoms with Gasteiger partial charge in [0.05, 0.1) is 18.9 Å². The van der Waals surface area contributed by atoms with Crippen molar-refractivity contribution in [2.24, 2.45) is 0 Å². The SMILES string of the molecule is CS(=O)(=O)OC[C@@H]1COC(=O)N1c1ccc(F)cc1. The summed E-state index contributed by atoms with van der Waals surface area (Å²) in [6, 6.07) is 4.67. The molecule has 0 spiro atoms. The molecule has 0 radical (unpaired) electrons. The molecule has 0 aliphatic carbocycles. The fourth-order valence-electron chi connectivity index (χ4n) is 1.70. The molecule has 1 atom stereocenters. The second-order valence-electron chi connectivity index (χ2n) is 4.07. The smallest absolute Gasteiger partial charge is 0.414 e. The van der Waals surface area contributed by atoms with Gasteiger partial charge in [-0.15, -0.1) is 0 Å². The first kappa shape index (κ1) is 13.8. The van der Waals surface area contributed by atoms with E-state index >= 15 is 0 Å². The van der Waals surface area contributed by atoms with Gasteiger partial charge in [0.2, 0.25) is 0 Å². The normalized spacial score (nSPS) is 19.6. The molecule has 19 heavy (non-hydrogen) atoms. The minimum atomic E-state index is -3.59. The number of anilines is 1. The Morgan fingerprint density at radius 2 is 2.05 bits per heavy atom. The van der Waals surface area contributed by atoms with Gasteiger partial charge < -0.3 is 4.74 Å². The van der Waals surface area contributed by atoms with Gasteiger partial charge in [-0.2, -0.15) is 8.42 Å². The van der Waals surface area contributed by atoms with Gasteiger partial charge in [0, 0.05) is 5.69 Å². The lowest BCUT2D eigenvalue weighted by molar-refractivity contribution is 0.175. The predicted octanol–water partition coefficient (Wildman–Crippen LogP) is 1.13. The molecule has 1 aromatic rings. The van der Waals surface area contributed by atoms with Crippen molar-refractivity contribution >= 4 is 21.9 Å². The van der Waals surface area contributed by atoms with Crippen molar-refractivity contribution in [2.45, 2.75) is 6.04 Å². The fourth-order valence-corrected chi connectivity index (χ4v) is 2.11. The number of hydrogen-bond donors (Lipinski definition) is 0. The molecule has 104 valence electrons. The van der Waals surface area contributed by atoms with Crippen LogP contribution in [0, 0.1) is 5.82 Å². The van der Waals surface area contributed by atoms with Crippen LogP contribution < -0.4 is 4.90 Å². The number of amides is 1. The van der Waals surface area contributed by atoms with Crippen LogP contribution in [0.25, 0.3) is 0 Å². The van der Waals surface area contributed by atoms with E-state index in [-0.39, 0.29) is 13.2 Å². The number of ether oxygens (including phenoxy) is 1. The summed E-state index contributed by atoms with van der Waals surface area (Å²) < 4.78 is 44.2. The Hall–Kier alpha value is -1.67. The van der Waals surface area contributed by atoms with Gasteiger partial charge in [-0.25, -0.2) is 9.18 Å². The molecule has 0 unspecified atom stereocenters. The van der Waals surface area contributed by atoms with Crippen LogP contribution in [0.5, 0.6) is 0 Å². The van der Waals surface area contributed by atoms with Gasteiger partial charge in [-0.05, 0) is 24.3 Å². The van der Waals surface area contributed by atoms with Crippen LogP contribution in [0.1, 0.15) is 0 Å². The zero-order valence-electron chi connectivity index (χ0n) is 10.1. The number of hydrogen-bond acceptors (Lipinski definition) is 5. The third-order valence-corrected chi connectivity index (χ3v) is 3.10. The molecule has 1 aliphatic rings. The lowest BCUT2D eigenvalue weighted by Crippen LogP contribution is -2.37. The quantitative estimate of drug-likeness (QED) is 0.777. The molecular weight excluding hydrogens is 277 g/mol. The molecule has 1 fully saturated rings. The molecule has 1 amide bonds. The highest BCUT2D eigenvalue weighted by molar-refractivity contribution is 7.85. The molecule has 8 heteroatoms. The lowest BCUT2D eigenvalue weighted by Gasteiger charge is -2.20. The van der Waals surface area contributed by atoms with Crippen LogP contribution in [0.15, 0.2) is 24.3 Å². The van der Waals surface area contributed by atoms with Crippen LogP contribution in [0.2, 0.25) is 0 Å². The zero-order valence-corrected chi connectivity index (χ0v) is 10.9. The van der Waals surface area contributed by atoms with E-state index in [2.05, 4.69) is 4.18 Å². The number of carbonyl (C=O) groups is 1. The van der Waals surface area contributed by atoms with Crippen molar-refractivity contribution in [2.75, 3.05) is 24.4 Å². The number of carbonyl (C=O) groups excluding carboxylic acids is 1. The average Bonchev–Trinajstić information content (AvgIpc) is 2.68. The van der Waals surface area contributed by atoms with E-state index in [1.54, 1.807) is 0 Å². The fraction of sp³-hybridized carbons (Fsp3) is 0.364. The predicted molar refractivity (Wildman–Crippen MR) is 64.8 cm³/mol. The molecule has 1 aromatic carbocycles. The van der Waals surface area contributed by atoms with Crippen molar-refractivity contribution in [1.82, 2.24) is 0 Å². The highest BCUT2D eigenvalue weighted by Crippen LogP contribution is 2.23. The van der Waals surface area contributed by atoms with Crippen molar-refractivity contribution in [3.8, 4) is 0 Å². The lowest BCUT2D eigenvalue weighted by atomic mass is 10.2. The number of halogens is 1. The van der Waals surface area contributed by atoms with Crippen molar-refractivity contribution in [3.63, 3.8) is 0 Å². The molecule has 1 heterocycles. The molecule has 0 aromatic heterocycles. The van der Waals surface area contributed by atoms with E-state index in [1.165, 1.54) is 29.2 Å². The van der Waals surface area contributed by atoms with Crippen LogP contribution in [-0.4, -0.2) is 40.0 Å². The Balaban J connectivity index is 2.16.